The fourth-order valence-corrected chi connectivity index (χ4v) is 4.33. The van der Waals surface area contributed by atoms with E-state index in [-0.39, 0.29) is 23.8 Å². The summed E-state index contributed by atoms with van der Waals surface area (Å²) in [5.74, 6) is 0.265. The molecule has 8 heteroatoms. The summed E-state index contributed by atoms with van der Waals surface area (Å²) in [6.07, 6.45) is 1.06. The number of nitrogens with one attached hydrogen (secondary N) is 1. The van der Waals surface area contributed by atoms with E-state index in [2.05, 4.69) is 15.2 Å². The summed E-state index contributed by atoms with van der Waals surface area (Å²) in [6.45, 7) is 2.98. The third-order valence-electron chi connectivity index (χ3n) is 6.17. The highest BCUT2D eigenvalue weighted by Crippen LogP contribution is 2.31. The van der Waals surface area contributed by atoms with Crippen LogP contribution in [0.15, 0.2) is 18.2 Å². The van der Waals surface area contributed by atoms with E-state index in [1.807, 2.05) is 0 Å². The topological polar surface area (TPSA) is 54.5 Å². The quantitative estimate of drug-likeness (QED) is 0.774. The zero-order valence-electron chi connectivity index (χ0n) is 16.9. The third-order valence-corrected chi connectivity index (χ3v) is 6.17. The van der Waals surface area contributed by atoms with Crippen LogP contribution in [-0.4, -0.2) is 55.2 Å². The Morgan fingerprint density at radius 1 is 1.17 bits per heavy atom. The second kappa shape index (κ2) is 9.89. The average molecular weight is 413 g/mol. The van der Waals surface area contributed by atoms with Gasteiger partial charge in [-0.15, -0.1) is 0 Å². The van der Waals surface area contributed by atoms with Crippen molar-refractivity contribution < 1.29 is 22.7 Å². The average Bonchev–Trinajstić information content (AvgIpc) is 2.74. The van der Waals surface area contributed by atoms with Crippen molar-refractivity contribution in [2.45, 2.75) is 56.7 Å². The Morgan fingerprint density at radius 3 is 2.48 bits per heavy atom. The van der Waals surface area contributed by atoms with Crippen LogP contribution in [0.2, 0.25) is 0 Å². The van der Waals surface area contributed by atoms with E-state index >= 15 is 0 Å². The zero-order chi connectivity index (χ0) is 20.9. The molecule has 29 heavy (non-hydrogen) atoms. The van der Waals surface area contributed by atoms with Gasteiger partial charge in [0.05, 0.1) is 6.10 Å². The number of pyridine rings is 1. The van der Waals surface area contributed by atoms with Gasteiger partial charge in [-0.3, -0.25) is 4.79 Å². The number of methoxy groups -OCH3 is 1. The first-order chi connectivity index (χ1) is 13.9. The monoisotopic (exact) mass is 413 g/mol. The van der Waals surface area contributed by atoms with E-state index < -0.39 is 11.9 Å². The molecule has 0 atom stereocenters. The molecule has 2 fully saturated rings. The SMILES string of the molecule is COC1CCC(C(=O)NCCN2CCC(c3cccc(C(F)(F)F)n3)CC2)CC1. The smallest absolute Gasteiger partial charge is 0.381 e. The van der Waals surface area contributed by atoms with E-state index in [1.54, 1.807) is 13.2 Å². The van der Waals surface area contributed by atoms with Crippen molar-refractivity contribution >= 4 is 5.91 Å². The molecule has 1 N–H and O–H groups in total. The van der Waals surface area contributed by atoms with Gasteiger partial charge in [-0.25, -0.2) is 4.98 Å². The Morgan fingerprint density at radius 2 is 1.86 bits per heavy atom. The number of alkyl halides is 3. The molecule has 3 rings (SSSR count). The Balaban J connectivity index is 1.38. The Bertz CT molecular complexity index is 667. The Labute approximate surface area is 170 Å². The van der Waals surface area contributed by atoms with Crippen molar-refractivity contribution in [1.29, 1.82) is 0 Å². The van der Waals surface area contributed by atoms with Crippen LogP contribution in [0.25, 0.3) is 0 Å². The minimum absolute atomic E-state index is 0.0547. The minimum Gasteiger partial charge on any atom is -0.381 e. The molecule has 0 radical (unpaired) electrons. The van der Waals surface area contributed by atoms with Gasteiger partial charge in [0, 0.05) is 37.7 Å². The summed E-state index contributed by atoms with van der Waals surface area (Å²) in [6, 6.07) is 4.14. The summed E-state index contributed by atoms with van der Waals surface area (Å²) in [7, 11) is 1.72. The Kier molecular flexibility index (Phi) is 7.51. The highest BCUT2D eigenvalue weighted by atomic mass is 19.4. The number of amides is 1. The molecule has 0 aromatic carbocycles. The molecule has 1 amide bonds. The van der Waals surface area contributed by atoms with Crippen LogP contribution in [0, 0.1) is 5.92 Å². The number of likely N-dealkylation sites (tertiary alicyclic amines) is 1. The van der Waals surface area contributed by atoms with E-state index in [0.29, 0.717) is 12.2 Å². The van der Waals surface area contributed by atoms with Crippen LogP contribution in [-0.2, 0) is 15.7 Å². The van der Waals surface area contributed by atoms with Crippen molar-refractivity contribution in [3.63, 3.8) is 0 Å². The lowest BCUT2D eigenvalue weighted by Crippen LogP contribution is -2.41. The molecule has 162 valence electrons. The lowest BCUT2D eigenvalue weighted by Gasteiger charge is -2.32. The van der Waals surface area contributed by atoms with Gasteiger partial charge in [-0.05, 0) is 63.7 Å². The van der Waals surface area contributed by atoms with Crippen molar-refractivity contribution in [1.82, 2.24) is 15.2 Å². The van der Waals surface area contributed by atoms with Crippen LogP contribution < -0.4 is 5.32 Å². The summed E-state index contributed by atoms with van der Waals surface area (Å²) >= 11 is 0. The molecule has 1 aromatic heterocycles. The number of ether oxygens (including phenoxy) is 1. The molecule has 2 heterocycles. The number of aromatic nitrogens is 1. The number of nitrogens with zero attached hydrogens (tertiary/aromatic N) is 2. The van der Waals surface area contributed by atoms with Gasteiger partial charge in [0.25, 0.3) is 0 Å². The lowest BCUT2D eigenvalue weighted by atomic mass is 9.87. The van der Waals surface area contributed by atoms with Crippen molar-refractivity contribution in [2.75, 3.05) is 33.3 Å². The van der Waals surface area contributed by atoms with Crippen LogP contribution in [0.3, 0.4) is 0 Å². The van der Waals surface area contributed by atoms with Gasteiger partial charge in [0.1, 0.15) is 5.69 Å². The largest absolute Gasteiger partial charge is 0.433 e. The fraction of sp³-hybridized carbons (Fsp3) is 0.714. The second-order valence-corrected chi connectivity index (χ2v) is 8.06. The highest BCUT2D eigenvalue weighted by molar-refractivity contribution is 5.78. The molecule has 1 aliphatic heterocycles. The number of carbonyl (C=O) groups is 1. The first-order valence-corrected chi connectivity index (χ1v) is 10.4. The van der Waals surface area contributed by atoms with E-state index in [1.165, 1.54) is 6.07 Å². The molecular weight excluding hydrogens is 383 g/mol. The first kappa shape index (κ1) is 22.0. The number of carbonyl (C=O) groups excluding carboxylic acids is 1. The number of piperidine rings is 1. The van der Waals surface area contributed by atoms with Gasteiger partial charge < -0.3 is 15.0 Å². The second-order valence-electron chi connectivity index (χ2n) is 8.06. The number of halogens is 3. The van der Waals surface area contributed by atoms with Crippen molar-refractivity contribution in [3.05, 3.63) is 29.6 Å². The zero-order valence-corrected chi connectivity index (χ0v) is 16.9. The van der Waals surface area contributed by atoms with E-state index in [0.717, 1.165) is 64.2 Å². The van der Waals surface area contributed by atoms with Gasteiger partial charge >= 0.3 is 6.18 Å². The van der Waals surface area contributed by atoms with Crippen molar-refractivity contribution in [3.8, 4) is 0 Å². The van der Waals surface area contributed by atoms with Gasteiger partial charge in [-0.1, -0.05) is 6.07 Å². The van der Waals surface area contributed by atoms with E-state index in [4.69, 9.17) is 4.74 Å². The summed E-state index contributed by atoms with van der Waals surface area (Å²) in [4.78, 5) is 18.4. The van der Waals surface area contributed by atoms with E-state index in [9.17, 15) is 18.0 Å². The number of hydrogen-bond donors (Lipinski definition) is 1. The molecule has 1 aliphatic carbocycles. The molecule has 0 unspecified atom stereocenters. The molecule has 2 aliphatic rings. The molecule has 1 saturated heterocycles. The fourth-order valence-electron chi connectivity index (χ4n) is 4.33. The maximum atomic E-state index is 12.9. The van der Waals surface area contributed by atoms with Gasteiger partial charge in [0.2, 0.25) is 5.91 Å². The maximum absolute atomic E-state index is 12.9. The maximum Gasteiger partial charge on any atom is 0.433 e. The predicted octanol–water partition coefficient (Wildman–Crippen LogP) is 3.60. The predicted molar refractivity (Wildman–Crippen MR) is 103 cm³/mol. The molecule has 1 aromatic rings. The van der Waals surface area contributed by atoms with Crippen LogP contribution in [0.4, 0.5) is 13.2 Å². The normalized spacial score (nSPS) is 24.4. The van der Waals surface area contributed by atoms with Crippen LogP contribution >= 0.6 is 0 Å². The summed E-state index contributed by atoms with van der Waals surface area (Å²) < 4.78 is 43.9. The van der Waals surface area contributed by atoms with Gasteiger partial charge in [-0.2, -0.15) is 13.2 Å². The highest BCUT2D eigenvalue weighted by Gasteiger charge is 2.33. The number of rotatable bonds is 6. The standard InChI is InChI=1S/C21H30F3N3O2/c1-29-17-7-5-16(6-8-17)20(28)25-11-14-27-12-9-15(10-13-27)18-3-2-4-19(26-18)21(22,23)24/h2-4,15-17H,5-14H2,1H3,(H,25,28). The minimum atomic E-state index is -4.41. The molecule has 1 saturated carbocycles. The lowest BCUT2D eigenvalue weighted by molar-refractivity contribution is -0.141. The van der Waals surface area contributed by atoms with Crippen LogP contribution in [0.5, 0.6) is 0 Å². The van der Waals surface area contributed by atoms with Crippen molar-refractivity contribution in [2.24, 2.45) is 5.92 Å². The third kappa shape index (κ3) is 6.15. The molecular formula is C21H30F3N3O2. The van der Waals surface area contributed by atoms with Crippen LogP contribution in [0.1, 0.15) is 55.8 Å². The van der Waals surface area contributed by atoms with Gasteiger partial charge in [0.15, 0.2) is 0 Å². The first-order valence-electron chi connectivity index (χ1n) is 10.4. The Hall–Kier alpha value is -1.67. The molecule has 0 bridgehead atoms. The summed E-state index contributed by atoms with van der Waals surface area (Å²) in [5, 5.41) is 3.04. The molecule has 5 nitrogen and oxygen atoms in total. The number of hydrogen-bond acceptors (Lipinski definition) is 4. The molecule has 0 spiro atoms. The summed E-state index contributed by atoms with van der Waals surface area (Å²) in [5.41, 5.74) is -0.292.